The van der Waals surface area contributed by atoms with Crippen molar-refractivity contribution < 1.29 is 9.53 Å². The zero-order valence-electron chi connectivity index (χ0n) is 13.9. The summed E-state index contributed by atoms with van der Waals surface area (Å²) in [4.78, 5) is 15.5. The lowest BCUT2D eigenvalue weighted by molar-refractivity contribution is 0.0244. The summed E-state index contributed by atoms with van der Waals surface area (Å²) in [5, 5.41) is 5.72. The number of hydrogen-bond acceptors (Lipinski definition) is 4. The number of ether oxygens (including phenoxy) is 1. The van der Waals surface area contributed by atoms with E-state index in [4.69, 9.17) is 4.74 Å². The summed E-state index contributed by atoms with van der Waals surface area (Å²) in [5.41, 5.74) is -0.425. The molecule has 1 unspecified atom stereocenters. The van der Waals surface area contributed by atoms with Crippen molar-refractivity contribution in [2.45, 2.75) is 58.1 Å². The molecule has 1 aliphatic heterocycles. The lowest BCUT2D eigenvalue weighted by Gasteiger charge is -2.28. The third-order valence-corrected chi connectivity index (χ3v) is 4.64. The predicted molar refractivity (Wildman–Crippen MR) is 91.5 cm³/mol. The maximum atomic E-state index is 12.3. The molecule has 1 fully saturated rings. The molecule has 1 amide bonds. The molecule has 0 saturated carbocycles. The molecule has 1 saturated heterocycles. The number of carbonyl (C=O) groups excluding carboxylic acids is 1. The van der Waals surface area contributed by atoms with Gasteiger partial charge in [0.05, 0.1) is 0 Å². The standard InChI is InChI=1S/C17H28N2O2S/c1-17(2,3)21-16(20)19-11-5-4-7-14(13-19)18-10-9-15-8-6-12-22-15/h6,8,12,14,18H,4-5,7,9-11,13H2,1-3H3. The number of nitrogens with zero attached hydrogens (tertiary/aromatic N) is 1. The summed E-state index contributed by atoms with van der Waals surface area (Å²) >= 11 is 1.80. The van der Waals surface area contributed by atoms with E-state index in [1.165, 1.54) is 4.88 Å². The number of likely N-dealkylation sites (tertiary alicyclic amines) is 1. The molecular weight excluding hydrogens is 296 g/mol. The molecular formula is C17H28N2O2S. The van der Waals surface area contributed by atoms with Gasteiger partial charge in [0.1, 0.15) is 5.60 Å². The lowest BCUT2D eigenvalue weighted by Crippen LogP contribution is -2.44. The molecule has 1 atom stereocenters. The number of nitrogens with one attached hydrogen (secondary N) is 1. The first kappa shape index (κ1) is 17.3. The number of rotatable bonds is 4. The first-order valence-electron chi connectivity index (χ1n) is 8.18. The lowest BCUT2D eigenvalue weighted by atomic mass is 10.1. The second-order valence-corrected chi connectivity index (χ2v) is 7.93. The quantitative estimate of drug-likeness (QED) is 0.919. The van der Waals surface area contributed by atoms with Crippen LogP contribution in [0.5, 0.6) is 0 Å². The van der Waals surface area contributed by atoms with Gasteiger partial charge in [-0.3, -0.25) is 0 Å². The van der Waals surface area contributed by atoms with Crippen LogP contribution in [0.3, 0.4) is 0 Å². The van der Waals surface area contributed by atoms with Crippen molar-refractivity contribution >= 4 is 17.4 Å². The van der Waals surface area contributed by atoms with E-state index in [0.29, 0.717) is 6.04 Å². The molecule has 4 nitrogen and oxygen atoms in total. The van der Waals surface area contributed by atoms with E-state index >= 15 is 0 Å². The Bertz CT molecular complexity index is 454. The molecule has 22 heavy (non-hydrogen) atoms. The van der Waals surface area contributed by atoms with Crippen molar-refractivity contribution in [1.82, 2.24) is 10.2 Å². The molecule has 0 aliphatic carbocycles. The Morgan fingerprint density at radius 2 is 2.27 bits per heavy atom. The molecule has 1 aromatic rings. The third kappa shape index (κ3) is 5.97. The molecule has 5 heteroatoms. The zero-order chi connectivity index (χ0) is 16.0. The van der Waals surface area contributed by atoms with Gasteiger partial charge in [0.25, 0.3) is 0 Å². The minimum absolute atomic E-state index is 0.181. The molecule has 0 radical (unpaired) electrons. The molecule has 0 spiro atoms. The zero-order valence-corrected chi connectivity index (χ0v) is 14.7. The minimum Gasteiger partial charge on any atom is -0.444 e. The first-order valence-corrected chi connectivity index (χ1v) is 9.06. The van der Waals surface area contributed by atoms with E-state index in [1.54, 1.807) is 11.3 Å². The van der Waals surface area contributed by atoms with Crippen molar-refractivity contribution in [3.8, 4) is 0 Å². The Hall–Kier alpha value is -1.07. The van der Waals surface area contributed by atoms with Crippen LogP contribution in [-0.4, -0.2) is 42.3 Å². The second-order valence-electron chi connectivity index (χ2n) is 6.90. The van der Waals surface area contributed by atoms with Crippen LogP contribution in [0.15, 0.2) is 17.5 Å². The molecule has 2 heterocycles. The van der Waals surface area contributed by atoms with Crippen molar-refractivity contribution in [3.05, 3.63) is 22.4 Å². The average Bonchev–Trinajstić information content (AvgIpc) is 2.81. The van der Waals surface area contributed by atoms with Crippen LogP contribution in [0.25, 0.3) is 0 Å². The van der Waals surface area contributed by atoms with Gasteiger partial charge in [0, 0.05) is 30.6 Å². The van der Waals surface area contributed by atoms with Gasteiger partial charge in [-0.1, -0.05) is 12.5 Å². The van der Waals surface area contributed by atoms with E-state index < -0.39 is 5.60 Å². The highest BCUT2D eigenvalue weighted by molar-refractivity contribution is 7.09. The normalized spacial score (nSPS) is 19.8. The molecule has 0 bridgehead atoms. The maximum absolute atomic E-state index is 12.3. The van der Waals surface area contributed by atoms with Crippen LogP contribution in [-0.2, 0) is 11.2 Å². The molecule has 2 rings (SSSR count). The summed E-state index contributed by atoms with van der Waals surface area (Å²) in [7, 11) is 0. The van der Waals surface area contributed by atoms with Crippen molar-refractivity contribution in [1.29, 1.82) is 0 Å². The fourth-order valence-corrected chi connectivity index (χ4v) is 3.36. The summed E-state index contributed by atoms with van der Waals surface area (Å²) in [5.74, 6) is 0. The Morgan fingerprint density at radius 1 is 1.45 bits per heavy atom. The van der Waals surface area contributed by atoms with Gasteiger partial charge in [0.15, 0.2) is 0 Å². The van der Waals surface area contributed by atoms with Crippen molar-refractivity contribution in [3.63, 3.8) is 0 Å². The Balaban J connectivity index is 1.80. The highest BCUT2D eigenvalue weighted by Gasteiger charge is 2.26. The fourth-order valence-electron chi connectivity index (χ4n) is 2.66. The number of carbonyl (C=O) groups is 1. The van der Waals surface area contributed by atoms with Gasteiger partial charge in [0.2, 0.25) is 0 Å². The van der Waals surface area contributed by atoms with Gasteiger partial charge in [-0.05, 0) is 51.5 Å². The SMILES string of the molecule is CC(C)(C)OC(=O)N1CCCCC(NCCc2cccs2)C1. The van der Waals surface area contributed by atoms with Gasteiger partial charge < -0.3 is 15.0 Å². The van der Waals surface area contributed by atoms with Crippen molar-refractivity contribution in [2.24, 2.45) is 0 Å². The largest absolute Gasteiger partial charge is 0.444 e. The van der Waals surface area contributed by atoms with Crippen LogP contribution in [0.4, 0.5) is 4.79 Å². The average molecular weight is 324 g/mol. The van der Waals surface area contributed by atoms with Gasteiger partial charge in [-0.25, -0.2) is 4.79 Å². The number of thiophene rings is 1. The summed E-state index contributed by atoms with van der Waals surface area (Å²) in [6.07, 6.45) is 4.22. The monoisotopic (exact) mass is 324 g/mol. The van der Waals surface area contributed by atoms with Crippen LogP contribution in [0.1, 0.15) is 44.9 Å². The summed E-state index contributed by atoms with van der Waals surface area (Å²) in [6, 6.07) is 4.64. The molecule has 1 aliphatic rings. The summed E-state index contributed by atoms with van der Waals surface area (Å²) < 4.78 is 5.51. The third-order valence-electron chi connectivity index (χ3n) is 3.71. The van der Waals surface area contributed by atoms with Crippen LogP contribution in [0, 0.1) is 0 Å². The molecule has 0 aromatic carbocycles. The fraction of sp³-hybridized carbons (Fsp3) is 0.706. The van der Waals surface area contributed by atoms with Gasteiger partial charge in [-0.15, -0.1) is 11.3 Å². The highest BCUT2D eigenvalue weighted by atomic mass is 32.1. The minimum atomic E-state index is -0.425. The van der Waals surface area contributed by atoms with E-state index in [9.17, 15) is 4.79 Å². The highest BCUT2D eigenvalue weighted by Crippen LogP contribution is 2.16. The van der Waals surface area contributed by atoms with Gasteiger partial charge >= 0.3 is 6.09 Å². The van der Waals surface area contributed by atoms with Gasteiger partial charge in [-0.2, -0.15) is 0 Å². The molecule has 124 valence electrons. The number of hydrogen-bond donors (Lipinski definition) is 1. The Labute approximate surface area is 137 Å². The smallest absolute Gasteiger partial charge is 0.410 e. The van der Waals surface area contributed by atoms with E-state index in [2.05, 4.69) is 22.8 Å². The maximum Gasteiger partial charge on any atom is 0.410 e. The topological polar surface area (TPSA) is 41.6 Å². The van der Waals surface area contributed by atoms with Crippen LogP contribution in [0.2, 0.25) is 0 Å². The first-order chi connectivity index (χ1) is 10.4. The van der Waals surface area contributed by atoms with E-state index in [-0.39, 0.29) is 6.09 Å². The van der Waals surface area contributed by atoms with Crippen LogP contribution < -0.4 is 5.32 Å². The van der Waals surface area contributed by atoms with E-state index in [0.717, 1.165) is 45.3 Å². The second kappa shape index (κ2) is 7.97. The Morgan fingerprint density at radius 3 is 2.95 bits per heavy atom. The Kier molecular flexibility index (Phi) is 6.26. The predicted octanol–water partition coefficient (Wildman–Crippen LogP) is 3.67. The van der Waals surface area contributed by atoms with Crippen molar-refractivity contribution in [2.75, 3.05) is 19.6 Å². The number of amides is 1. The van der Waals surface area contributed by atoms with E-state index in [1.807, 2.05) is 25.7 Å². The molecule has 1 aromatic heterocycles. The summed E-state index contributed by atoms with van der Waals surface area (Å²) in [6.45, 7) is 8.27. The molecule has 1 N–H and O–H groups in total. The van der Waals surface area contributed by atoms with Crippen LogP contribution >= 0.6 is 11.3 Å².